The Morgan fingerprint density at radius 1 is 1.04 bits per heavy atom. The molecule has 4 fully saturated rings. The van der Waals surface area contributed by atoms with Gasteiger partial charge in [0.15, 0.2) is 0 Å². The number of aliphatic hydroxyl groups excluding tert-OH is 1. The number of rotatable bonds is 2. The zero-order valence-corrected chi connectivity index (χ0v) is 14.7. The van der Waals surface area contributed by atoms with E-state index in [2.05, 4.69) is 6.92 Å². The van der Waals surface area contributed by atoms with E-state index < -0.39 is 11.4 Å². The van der Waals surface area contributed by atoms with Crippen LogP contribution >= 0.6 is 0 Å². The SMILES string of the molecule is C[C@]12CCC[C@](C)(C(=O)O)[C@H]1CC[C@]13C[C@H](CO)[C@@H](CC[C@H]12)C3. The molecule has 3 nitrogen and oxygen atoms in total. The molecule has 0 aromatic heterocycles. The summed E-state index contributed by atoms with van der Waals surface area (Å²) in [5.41, 5.74) is 0.0811. The van der Waals surface area contributed by atoms with E-state index in [0.717, 1.165) is 25.2 Å². The van der Waals surface area contributed by atoms with Crippen molar-refractivity contribution >= 4 is 5.97 Å². The zero-order valence-electron chi connectivity index (χ0n) is 14.7. The lowest BCUT2D eigenvalue weighted by molar-refractivity contribution is -0.181. The van der Waals surface area contributed by atoms with Gasteiger partial charge in [-0.15, -0.1) is 0 Å². The molecule has 0 amide bonds. The fourth-order valence-electron chi connectivity index (χ4n) is 8.06. The first-order valence-electron chi connectivity index (χ1n) is 9.70. The molecule has 4 aliphatic rings. The number of fused-ring (bicyclic) bond motifs is 3. The maximum atomic E-state index is 12.1. The summed E-state index contributed by atoms with van der Waals surface area (Å²) in [6.07, 6.45) is 10.4. The summed E-state index contributed by atoms with van der Waals surface area (Å²) in [5, 5.41) is 19.7. The van der Waals surface area contributed by atoms with Crippen LogP contribution < -0.4 is 0 Å². The first-order chi connectivity index (χ1) is 10.9. The summed E-state index contributed by atoms with van der Waals surface area (Å²) in [5.74, 6) is 1.68. The van der Waals surface area contributed by atoms with Crippen LogP contribution in [0.2, 0.25) is 0 Å². The Balaban J connectivity index is 1.71. The fourth-order valence-corrected chi connectivity index (χ4v) is 8.06. The fraction of sp³-hybridized carbons (Fsp3) is 0.950. The van der Waals surface area contributed by atoms with Crippen molar-refractivity contribution in [3.05, 3.63) is 0 Å². The van der Waals surface area contributed by atoms with Gasteiger partial charge in [-0.2, -0.15) is 0 Å². The van der Waals surface area contributed by atoms with Gasteiger partial charge in [-0.05, 0) is 92.8 Å². The number of aliphatic carboxylic acids is 1. The van der Waals surface area contributed by atoms with Gasteiger partial charge in [-0.3, -0.25) is 4.79 Å². The lowest BCUT2D eigenvalue weighted by atomic mass is 9.41. The number of aliphatic hydroxyl groups is 1. The van der Waals surface area contributed by atoms with Crippen molar-refractivity contribution in [2.45, 2.75) is 71.6 Å². The lowest BCUT2D eigenvalue weighted by Crippen LogP contribution is -2.58. The van der Waals surface area contributed by atoms with Crippen LogP contribution in [0.1, 0.15) is 71.6 Å². The Bertz CT molecular complexity index is 517. The summed E-state index contributed by atoms with van der Waals surface area (Å²) in [6.45, 7) is 4.80. The molecule has 0 unspecified atom stereocenters. The molecule has 0 aromatic rings. The van der Waals surface area contributed by atoms with E-state index in [-0.39, 0.29) is 5.41 Å². The van der Waals surface area contributed by atoms with Gasteiger partial charge in [0, 0.05) is 6.61 Å². The van der Waals surface area contributed by atoms with Gasteiger partial charge in [0.1, 0.15) is 0 Å². The summed E-state index contributed by atoms with van der Waals surface area (Å²) in [7, 11) is 0. The Morgan fingerprint density at radius 2 is 1.83 bits per heavy atom. The monoisotopic (exact) mass is 320 g/mol. The molecule has 7 atom stereocenters. The van der Waals surface area contributed by atoms with Crippen LogP contribution in [0.3, 0.4) is 0 Å². The molecule has 2 bridgehead atoms. The summed E-state index contributed by atoms with van der Waals surface area (Å²) < 4.78 is 0. The van der Waals surface area contributed by atoms with E-state index in [1.54, 1.807) is 0 Å². The van der Waals surface area contributed by atoms with Gasteiger partial charge in [-0.1, -0.05) is 13.3 Å². The minimum atomic E-state index is -0.572. The average Bonchev–Trinajstić information content (AvgIpc) is 2.77. The highest BCUT2D eigenvalue weighted by Gasteiger charge is 2.65. The first-order valence-corrected chi connectivity index (χ1v) is 9.70. The van der Waals surface area contributed by atoms with E-state index in [9.17, 15) is 15.0 Å². The van der Waals surface area contributed by atoms with Crippen molar-refractivity contribution in [1.82, 2.24) is 0 Å². The summed E-state index contributed by atoms with van der Waals surface area (Å²) in [6, 6.07) is 0. The molecular weight excluding hydrogens is 288 g/mol. The molecule has 0 aliphatic heterocycles. The van der Waals surface area contributed by atoms with Crippen molar-refractivity contribution in [3.63, 3.8) is 0 Å². The van der Waals surface area contributed by atoms with Gasteiger partial charge in [0.25, 0.3) is 0 Å². The number of carboxylic acid groups (broad SMARTS) is 1. The van der Waals surface area contributed by atoms with E-state index in [1.165, 1.54) is 38.5 Å². The molecular formula is C20H32O3. The minimum Gasteiger partial charge on any atom is -0.481 e. The molecule has 2 N–H and O–H groups in total. The number of carboxylic acids is 1. The Kier molecular flexibility index (Phi) is 3.44. The number of carbonyl (C=O) groups is 1. The van der Waals surface area contributed by atoms with Crippen LogP contribution in [0.5, 0.6) is 0 Å². The quantitative estimate of drug-likeness (QED) is 0.805. The smallest absolute Gasteiger partial charge is 0.309 e. The van der Waals surface area contributed by atoms with E-state index >= 15 is 0 Å². The standard InChI is InChI=1S/C20H32O3/c1-18-7-3-8-19(2,17(22)23)15(18)6-9-20-10-13(4-5-16(18)20)14(11-20)12-21/h13-16,21H,3-12H2,1-2H3,(H,22,23)/t13-,14+,15-,16-,18-,19-,20-/m0/s1. The highest BCUT2D eigenvalue weighted by atomic mass is 16.4. The normalized spacial score (nSPS) is 55.1. The largest absolute Gasteiger partial charge is 0.481 e. The van der Waals surface area contributed by atoms with Crippen molar-refractivity contribution in [2.75, 3.05) is 6.61 Å². The van der Waals surface area contributed by atoms with Gasteiger partial charge < -0.3 is 10.2 Å². The maximum absolute atomic E-state index is 12.1. The van der Waals surface area contributed by atoms with E-state index in [0.29, 0.717) is 29.8 Å². The van der Waals surface area contributed by atoms with E-state index in [4.69, 9.17) is 0 Å². The predicted molar refractivity (Wildman–Crippen MR) is 88.9 cm³/mol. The van der Waals surface area contributed by atoms with Crippen molar-refractivity contribution < 1.29 is 15.0 Å². The molecule has 0 radical (unpaired) electrons. The topological polar surface area (TPSA) is 57.5 Å². The van der Waals surface area contributed by atoms with Gasteiger partial charge in [0.05, 0.1) is 5.41 Å². The molecule has 130 valence electrons. The summed E-state index contributed by atoms with van der Waals surface area (Å²) >= 11 is 0. The van der Waals surface area contributed by atoms with Gasteiger partial charge >= 0.3 is 5.97 Å². The molecule has 1 spiro atoms. The zero-order chi connectivity index (χ0) is 16.5. The third-order valence-corrected chi connectivity index (χ3v) is 9.00. The third-order valence-electron chi connectivity index (χ3n) is 9.00. The number of hydrogen-bond donors (Lipinski definition) is 2. The molecule has 4 rings (SSSR count). The molecule has 4 saturated carbocycles. The molecule has 0 saturated heterocycles. The van der Waals surface area contributed by atoms with Crippen LogP contribution in [0.4, 0.5) is 0 Å². The van der Waals surface area contributed by atoms with Crippen LogP contribution in [-0.2, 0) is 4.79 Å². The van der Waals surface area contributed by atoms with Crippen LogP contribution in [0.15, 0.2) is 0 Å². The molecule has 3 heteroatoms. The van der Waals surface area contributed by atoms with E-state index in [1.807, 2.05) is 6.92 Å². The average molecular weight is 320 g/mol. The Hall–Kier alpha value is -0.570. The molecule has 4 aliphatic carbocycles. The molecule has 23 heavy (non-hydrogen) atoms. The summed E-state index contributed by atoms with van der Waals surface area (Å²) in [4.78, 5) is 12.1. The highest BCUT2D eigenvalue weighted by Crippen LogP contribution is 2.72. The van der Waals surface area contributed by atoms with Crippen molar-refractivity contribution in [2.24, 2.45) is 39.9 Å². The molecule has 0 heterocycles. The van der Waals surface area contributed by atoms with Crippen molar-refractivity contribution in [3.8, 4) is 0 Å². The second-order valence-corrected chi connectivity index (χ2v) is 9.78. The first kappa shape index (κ1) is 15.9. The maximum Gasteiger partial charge on any atom is 0.309 e. The third kappa shape index (κ3) is 1.95. The van der Waals surface area contributed by atoms with Crippen LogP contribution in [0.25, 0.3) is 0 Å². The molecule has 0 aromatic carbocycles. The highest BCUT2D eigenvalue weighted by molar-refractivity contribution is 5.75. The van der Waals surface area contributed by atoms with Crippen LogP contribution in [-0.4, -0.2) is 22.8 Å². The van der Waals surface area contributed by atoms with Gasteiger partial charge in [-0.25, -0.2) is 0 Å². The second-order valence-electron chi connectivity index (χ2n) is 9.78. The number of hydrogen-bond acceptors (Lipinski definition) is 2. The Morgan fingerprint density at radius 3 is 2.52 bits per heavy atom. The minimum absolute atomic E-state index is 0.193. The lowest BCUT2D eigenvalue weighted by Gasteiger charge is -2.63. The second kappa shape index (κ2) is 4.97. The predicted octanol–water partition coefficient (Wildman–Crippen LogP) is 4.09. The van der Waals surface area contributed by atoms with Crippen LogP contribution in [0, 0.1) is 39.9 Å². The van der Waals surface area contributed by atoms with Crippen molar-refractivity contribution in [1.29, 1.82) is 0 Å². The Labute approximate surface area is 139 Å². The van der Waals surface area contributed by atoms with Gasteiger partial charge in [0.2, 0.25) is 0 Å².